The summed E-state index contributed by atoms with van der Waals surface area (Å²) in [5.74, 6) is 0.948. The van der Waals surface area contributed by atoms with Gasteiger partial charge in [0.25, 0.3) is 0 Å². The van der Waals surface area contributed by atoms with Crippen LogP contribution in [0.1, 0.15) is 18.4 Å². The molecule has 24 heavy (non-hydrogen) atoms. The minimum absolute atomic E-state index is 0.118. The van der Waals surface area contributed by atoms with E-state index in [1.54, 1.807) is 0 Å². The van der Waals surface area contributed by atoms with Gasteiger partial charge in [-0.15, -0.1) is 0 Å². The first-order valence-electron chi connectivity index (χ1n) is 8.82. The molecule has 0 aliphatic carbocycles. The maximum atomic E-state index is 5.83. The van der Waals surface area contributed by atoms with Crippen molar-refractivity contribution in [2.75, 3.05) is 39.5 Å². The van der Waals surface area contributed by atoms with Crippen LogP contribution in [0.2, 0.25) is 0 Å². The highest BCUT2D eigenvalue weighted by molar-refractivity contribution is 5.27. The van der Waals surface area contributed by atoms with E-state index in [9.17, 15) is 0 Å². The van der Waals surface area contributed by atoms with E-state index in [0.29, 0.717) is 0 Å². The average Bonchev–Trinajstić information content (AvgIpc) is 3.15. The first-order chi connectivity index (χ1) is 11.9. The fraction of sp³-hybridized carbons (Fsp3) is 0.556. The molecule has 2 aliphatic heterocycles. The standard InChI is InChI=1S/C18H28N4O2/c1(9-22-10-13-23-14-11-22)2-12-24-17-5-3-16(4-6-17)15-21-18-19-7-8-20-18/h3-8,18-21H,1-2,9-15H2. The Balaban J connectivity index is 1.26. The predicted octanol–water partition coefficient (Wildman–Crippen LogP) is 1.21. The number of hydrogen-bond acceptors (Lipinski definition) is 6. The van der Waals surface area contributed by atoms with Crippen molar-refractivity contribution in [3.63, 3.8) is 0 Å². The Bertz CT molecular complexity index is 492. The Morgan fingerprint density at radius 3 is 2.58 bits per heavy atom. The van der Waals surface area contributed by atoms with Crippen molar-refractivity contribution in [2.45, 2.75) is 25.7 Å². The Hall–Kier alpha value is -1.76. The van der Waals surface area contributed by atoms with E-state index >= 15 is 0 Å². The highest BCUT2D eigenvalue weighted by atomic mass is 16.5. The molecule has 1 fully saturated rings. The van der Waals surface area contributed by atoms with Crippen LogP contribution in [-0.4, -0.2) is 50.6 Å². The maximum absolute atomic E-state index is 5.83. The van der Waals surface area contributed by atoms with Gasteiger partial charge in [-0.1, -0.05) is 12.1 Å². The van der Waals surface area contributed by atoms with Gasteiger partial charge in [0.05, 0.1) is 19.8 Å². The fourth-order valence-electron chi connectivity index (χ4n) is 2.83. The summed E-state index contributed by atoms with van der Waals surface area (Å²) in [7, 11) is 0. The maximum Gasteiger partial charge on any atom is 0.152 e. The zero-order valence-electron chi connectivity index (χ0n) is 14.2. The van der Waals surface area contributed by atoms with Crippen molar-refractivity contribution in [1.29, 1.82) is 0 Å². The van der Waals surface area contributed by atoms with Crippen molar-refractivity contribution in [3.05, 3.63) is 42.2 Å². The number of rotatable bonds is 9. The van der Waals surface area contributed by atoms with E-state index in [1.807, 2.05) is 24.5 Å². The minimum atomic E-state index is 0.118. The molecule has 6 heteroatoms. The van der Waals surface area contributed by atoms with Crippen LogP contribution >= 0.6 is 0 Å². The molecule has 6 nitrogen and oxygen atoms in total. The van der Waals surface area contributed by atoms with Crippen LogP contribution in [0.3, 0.4) is 0 Å². The average molecular weight is 332 g/mol. The Morgan fingerprint density at radius 1 is 1.08 bits per heavy atom. The predicted molar refractivity (Wildman–Crippen MR) is 94.5 cm³/mol. The topological polar surface area (TPSA) is 57.8 Å². The summed E-state index contributed by atoms with van der Waals surface area (Å²) in [4.78, 5) is 2.47. The van der Waals surface area contributed by atoms with Gasteiger partial charge < -0.3 is 20.1 Å². The Kier molecular flexibility index (Phi) is 6.77. The summed E-state index contributed by atoms with van der Waals surface area (Å²) in [6.07, 6.45) is 6.18. The summed E-state index contributed by atoms with van der Waals surface area (Å²) in [5.41, 5.74) is 1.24. The molecule has 3 N–H and O–H groups in total. The van der Waals surface area contributed by atoms with Gasteiger partial charge >= 0.3 is 0 Å². The van der Waals surface area contributed by atoms with Crippen molar-refractivity contribution in [3.8, 4) is 5.75 Å². The van der Waals surface area contributed by atoms with Crippen molar-refractivity contribution in [1.82, 2.24) is 20.9 Å². The molecule has 2 aliphatic rings. The van der Waals surface area contributed by atoms with Gasteiger partial charge in [-0.25, -0.2) is 0 Å². The normalized spacial score (nSPS) is 18.3. The minimum Gasteiger partial charge on any atom is -0.494 e. The first kappa shape index (κ1) is 17.1. The number of nitrogens with one attached hydrogen (secondary N) is 3. The van der Waals surface area contributed by atoms with E-state index in [-0.39, 0.29) is 6.29 Å². The largest absolute Gasteiger partial charge is 0.494 e. The van der Waals surface area contributed by atoms with Crippen molar-refractivity contribution in [2.24, 2.45) is 0 Å². The third kappa shape index (κ3) is 5.70. The molecule has 0 aromatic heterocycles. The summed E-state index contributed by atoms with van der Waals surface area (Å²) in [6, 6.07) is 8.32. The molecule has 3 rings (SSSR count). The number of morpholine rings is 1. The third-order valence-electron chi connectivity index (χ3n) is 4.28. The molecule has 1 aromatic rings. The molecular formula is C18H28N4O2. The second kappa shape index (κ2) is 9.52. The van der Waals surface area contributed by atoms with Crippen molar-refractivity contribution >= 4 is 0 Å². The molecule has 1 aromatic carbocycles. The molecule has 0 spiro atoms. The smallest absolute Gasteiger partial charge is 0.152 e. The molecule has 132 valence electrons. The van der Waals surface area contributed by atoms with Crippen LogP contribution in [0.5, 0.6) is 5.75 Å². The van der Waals surface area contributed by atoms with Gasteiger partial charge in [0.15, 0.2) is 6.29 Å². The monoisotopic (exact) mass is 332 g/mol. The van der Waals surface area contributed by atoms with Gasteiger partial charge in [0.1, 0.15) is 5.75 Å². The zero-order chi connectivity index (χ0) is 16.5. The molecule has 0 saturated carbocycles. The lowest BCUT2D eigenvalue weighted by atomic mass is 10.2. The van der Waals surface area contributed by atoms with E-state index in [0.717, 1.165) is 58.2 Å². The van der Waals surface area contributed by atoms with Crippen LogP contribution in [0, 0.1) is 0 Å². The SMILES string of the molecule is C1=CNC(NCc2ccc(OCCCCN3CCOCC3)cc2)N1. The van der Waals surface area contributed by atoms with E-state index in [2.05, 4.69) is 33.0 Å². The number of nitrogens with zero attached hydrogens (tertiary/aromatic N) is 1. The van der Waals surface area contributed by atoms with Gasteiger partial charge in [-0.3, -0.25) is 10.2 Å². The molecular weight excluding hydrogens is 304 g/mol. The number of ether oxygens (including phenoxy) is 2. The highest BCUT2D eigenvalue weighted by Crippen LogP contribution is 2.13. The zero-order valence-corrected chi connectivity index (χ0v) is 14.2. The molecule has 1 saturated heterocycles. The molecule has 0 amide bonds. The summed E-state index contributed by atoms with van der Waals surface area (Å²) >= 11 is 0. The van der Waals surface area contributed by atoms with Crippen LogP contribution < -0.4 is 20.7 Å². The molecule has 2 heterocycles. The molecule has 0 radical (unpaired) electrons. The molecule has 0 unspecified atom stereocenters. The third-order valence-corrected chi connectivity index (χ3v) is 4.28. The summed E-state index contributed by atoms with van der Waals surface area (Å²) in [5, 5.41) is 9.70. The van der Waals surface area contributed by atoms with Crippen LogP contribution in [0.25, 0.3) is 0 Å². The van der Waals surface area contributed by atoms with Gasteiger partial charge in [0.2, 0.25) is 0 Å². The van der Waals surface area contributed by atoms with Crippen LogP contribution in [0.4, 0.5) is 0 Å². The second-order valence-corrected chi connectivity index (χ2v) is 6.13. The molecule has 0 bridgehead atoms. The lowest BCUT2D eigenvalue weighted by Crippen LogP contribution is -2.44. The first-order valence-corrected chi connectivity index (χ1v) is 8.82. The Morgan fingerprint density at radius 2 is 1.83 bits per heavy atom. The number of hydrogen-bond donors (Lipinski definition) is 3. The van der Waals surface area contributed by atoms with Crippen LogP contribution in [0.15, 0.2) is 36.7 Å². The fourth-order valence-corrected chi connectivity index (χ4v) is 2.83. The van der Waals surface area contributed by atoms with Crippen molar-refractivity contribution < 1.29 is 9.47 Å². The van der Waals surface area contributed by atoms with Gasteiger partial charge in [-0.2, -0.15) is 0 Å². The number of unbranched alkanes of at least 4 members (excludes halogenated alkanes) is 1. The van der Waals surface area contributed by atoms with Crippen LogP contribution in [-0.2, 0) is 11.3 Å². The second-order valence-electron chi connectivity index (χ2n) is 6.13. The van der Waals surface area contributed by atoms with E-state index in [4.69, 9.17) is 9.47 Å². The highest BCUT2D eigenvalue weighted by Gasteiger charge is 2.09. The summed E-state index contributed by atoms with van der Waals surface area (Å²) in [6.45, 7) is 6.63. The quantitative estimate of drug-likeness (QED) is 0.591. The molecule has 0 atom stereocenters. The van der Waals surface area contributed by atoms with E-state index in [1.165, 1.54) is 12.0 Å². The lowest BCUT2D eigenvalue weighted by Gasteiger charge is -2.26. The summed E-state index contributed by atoms with van der Waals surface area (Å²) < 4.78 is 11.2. The van der Waals surface area contributed by atoms with E-state index < -0.39 is 0 Å². The van der Waals surface area contributed by atoms with Gasteiger partial charge in [0, 0.05) is 32.0 Å². The Labute approximate surface area is 144 Å². The number of benzene rings is 1. The lowest BCUT2D eigenvalue weighted by molar-refractivity contribution is 0.0368. The van der Waals surface area contributed by atoms with Gasteiger partial charge in [-0.05, 0) is 37.1 Å².